The smallest absolute Gasteiger partial charge is 0.261 e. The first-order chi connectivity index (χ1) is 14.5. The number of carbonyl (C=O) groups is 1. The Morgan fingerprint density at radius 2 is 2.13 bits per heavy atom. The number of fused-ring (bicyclic) bond motifs is 4. The van der Waals surface area contributed by atoms with Crippen LogP contribution in [-0.4, -0.2) is 50.5 Å². The zero-order valence-electron chi connectivity index (χ0n) is 16.3. The number of nitrogens with one attached hydrogen (secondary N) is 1. The molecular formula is C21H20FN5O3. The fraction of sp³-hybridized carbons (Fsp3) is 0.333. The molecule has 1 N–H and O–H groups in total. The van der Waals surface area contributed by atoms with Crippen molar-refractivity contribution in [2.45, 2.75) is 18.9 Å². The van der Waals surface area contributed by atoms with Gasteiger partial charge in [-0.2, -0.15) is 0 Å². The van der Waals surface area contributed by atoms with Gasteiger partial charge in [-0.15, -0.1) is 0 Å². The van der Waals surface area contributed by atoms with Crippen molar-refractivity contribution in [1.82, 2.24) is 24.4 Å². The Morgan fingerprint density at radius 1 is 1.27 bits per heavy atom. The molecule has 2 bridgehead atoms. The first-order valence-corrected chi connectivity index (χ1v) is 9.77. The number of imidazole rings is 1. The van der Waals surface area contributed by atoms with Crippen LogP contribution in [0.1, 0.15) is 28.4 Å². The van der Waals surface area contributed by atoms with Gasteiger partial charge in [0.2, 0.25) is 5.88 Å². The van der Waals surface area contributed by atoms with E-state index in [-0.39, 0.29) is 34.7 Å². The summed E-state index contributed by atoms with van der Waals surface area (Å²) in [7, 11) is 1.42. The molecule has 2 aliphatic rings. The lowest BCUT2D eigenvalue weighted by Gasteiger charge is -2.43. The number of aromatic amines is 1. The van der Waals surface area contributed by atoms with Crippen LogP contribution in [0.25, 0.3) is 11.4 Å². The van der Waals surface area contributed by atoms with Crippen LogP contribution in [0.4, 0.5) is 4.39 Å². The summed E-state index contributed by atoms with van der Waals surface area (Å²) in [6, 6.07) is 5.04. The number of piperidine rings is 1. The second kappa shape index (κ2) is 7.08. The molecule has 2 aliphatic heterocycles. The van der Waals surface area contributed by atoms with Crippen molar-refractivity contribution in [3.63, 3.8) is 0 Å². The fourth-order valence-electron chi connectivity index (χ4n) is 4.57. The van der Waals surface area contributed by atoms with Crippen molar-refractivity contribution in [2.75, 3.05) is 20.2 Å². The van der Waals surface area contributed by atoms with E-state index in [1.54, 1.807) is 27.9 Å². The molecule has 3 aromatic heterocycles. The van der Waals surface area contributed by atoms with Crippen LogP contribution < -0.4 is 10.3 Å². The summed E-state index contributed by atoms with van der Waals surface area (Å²) in [6.07, 6.45) is 5.20. The number of pyridine rings is 2. The average molecular weight is 409 g/mol. The number of halogens is 1. The molecule has 0 radical (unpaired) electrons. The predicted octanol–water partition coefficient (Wildman–Crippen LogP) is 2.04. The van der Waals surface area contributed by atoms with E-state index in [0.717, 1.165) is 18.3 Å². The van der Waals surface area contributed by atoms with Gasteiger partial charge in [0, 0.05) is 49.7 Å². The molecule has 1 fully saturated rings. The summed E-state index contributed by atoms with van der Waals surface area (Å²) in [5.41, 5.74) is 1.30. The molecule has 0 saturated carbocycles. The molecule has 5 rings (SSSR count). The van der Waals surface area contributed by atoms with Crippen molar-refractivity contribution in [2.24, 2.45) is 5.92 Å². The van der Waals surface area contributed by atoms with E-state index in [9.17, 15) is 14.0 Å². The topological polar surface area (TPSA) is 93.1 Å². The lowest BCUT2D eigenvalue weighted by molar-refractivity contribution is 0.0589. The van der Waals surface area contributed by atoms with E-state index in [1.165, 1.54) is 13.2 Å². The van der Waals surface area contributed by atoms with Crippen molar-refractivity contribution in [3.8, 4) is 17.3 Å². The van der Waals surface area contributed by atoms with Gasteiger partial charge in [0.05, 0.1) is 24.4 Å². The van der Waals surface area contributed by atoms with Gasteiger partial charge in [-0.25, -0.2) is 14.4 Å². The fourth-order valence-corrected chi connectivity index (χ4v) is 4.57. The molecule has 8 nitrogen and oxygen atoms in total. The van der Waals surface area contributed by atoms with Crippen molar-refractivity contribution in [1.29, 1.82) is 0 Å². The number of ether oxygens (including phenoxy) is 1. The molecule has 0 aromatic carbocycles. The molecule has 30 heavy (non-hydrogen) atoms. The van der Waals surface area contributed by atoms with Gasteiger partial charge >= 0.3 is 0 Å². The van der Waals surface area contributed by atoms with Gasteiger partial charge in [0.1, 0.15) is 5.82 Å². The number of H-pyrrole nitrogens is 1. The highest BCUT2D eigenvalue weighted by Gasteiger charge is 2.37. The molecule has 5 heterocycles. The predicted molar refractivity (Wildman–Crippen MR) is 106 cm³/mol. The maximum atomic E-state index is 14.3. The molecule has 1 saturated heterocycles. The highest BCUT2D eigenvalue weighted by atomic mass is 19.1. The maximum absolute atomic E-state index is 14.3. The van der Waals surface area contributed by atoms with Crippen LogP contribution in [0.3, 0.4) is 0 Å². The lowest BCUT2D eigenvalue weighted by Crippen LogP contribution is -2.49. The van der Waals surface area contributed by atoms with Crippen LogP contribution in [0.15, 0.2) is 41.6 Å². The first-order valence-electron chi connectivity index (χ1n) is 9.77. The number of methoxy groups -OCH3 is 1. The summed E-state index contributed by atoms with van der Waals surface area (Å²) >= 11 is 0. The number of nitrogens with zero attached hydrogens (tertiary/aromatic N) is 4. The molecule has 0 aliphatic carbocycles. The Bertz CT molecular complexity index is 1170. The zero-order valence-corrected chi connectivity index (χ0v) is 16.3. The maximum Gasteiger partial charge on any atom is 0.261 e. The third kappa shape index (κ3) is 2.97. The summed E-state index contributed by atoms with van der Waals surface area (Å²) in [6.45, 7) is 1.42. The zero-order chi connectivity index (χ0) is 20.8. The minimum atomic E-state index is -0.670. The number of hydrogen-bond acceptors (Lipinski definition) is 5. The Labute approximate surface area is 171 Å². The van der Waals surface area contributed by atoms with Crippen LogP contribution in [0.2, 0.25) is 0 Å². The van der Waals surface area contributed by atoms with Crippen LogP contribution in [-0.2, 0) is 6.54 Å². The molecule has 1 amide bonds. The number of likely N-dealkylation sites (tertiary alicyclic amines) is 1. The molecular weight excluding hydrogens is 389 g/mol. The van der Waals surface area contributed by atoms with Gasteiger partial charge in [0.15, 0.2) is 5.82 Å². The molecule has 3 aromatic rings. The van der Waals surface area contributed by atoms with E-state index in [0.29, 0.717) is 31.0 Å². The SMILES string of the molecule is COc1cc(C(=O)N2C[C@@H]3C[C@H](C2)c2ccc(-c4ncc[nH]4)c(=O)n2C3)c(F)cn1. The number of rotatable bonds is 3. The summed E-state index contributed by atoms with van der Waals surface area (Å²) < 4.78 is 21.1. The normalized spacial score (nSPS) is 20.0. The van der Waals surface area contributed by atoms with E-state index >= 15 is 0 Å². The van der Waals surface area contributed by atoms with Gasteiger partial charge in [-0.1, -0.05) is 0 Å². The second-order valence-corrected chi connectivity index (χ2v) is 7.74. The lowest BCUT2D eigenvalue weighted by atomic mass is 9.82. The van der Waals surface area contributed by atoms with Gasteiger partial charge < -0.3 is 19.2 Å². The number of hydrogen-bond donors (Lipinski definition) is 1. The quantitative estimate of drug-likeness (QED) is 0.715. The van der Waals surface area contributed by atoms with Gasteiger partial charge in [-0.3, -0.25) is 9.59 Å². The van der Waals surface area contributed by atoms with Crippen molar-refractivity contribution >= 4 is 5.91 Å². The van der Waals surface area contributed by atoms with Crippen molar-refractivity contribution in [3.05, 3.63) is 64.2 Å². The first kappa shape index (κ1) is 18.5. The Balaban J connectivity index is 1.46. The van der Waals surface area contributed by atoms with E-state index in [1.807, 2.05) is 6.07 Å². The Hall–Kier alpha value is -3.49. The average Bonchev–Trinajstić information content (AvgIpc) is 3.29. The second-order valence-electron chi connectivity index (χ2n) is 7.74. The Morgan fingerprint density at radius 3 is 2.90 bits per heavy atom. The van der Waals surface area contributed by atoms with Gasteiger partial charge in [-0.05, 0) is 24.5 Å². The number of carbonyl (C=O) groups excluding carboxylic acids is 1. The van der Waals surface area contributed by atoms with Crippen LogP contribution >= 0.6 is 0 Å². The molecule has 0 spiro atoms. The van der Waals surface area contributed by atoms with Crippen molar-refractivity contribution < 1.29 is 13.9 Å². The van der Waals surface area contributed by atoms with Crippen LogP contribution in [0.5, 0.6) is 5.88 Å². The molecule has 2 atom stereocenters. The number of amides is 1. The molecule has 9 heteroatoms. The third-order valence-corrected chi connectivity index (χ3v) is 5.91. The minimum absolute atomic E-state index is 0.0200. The standard InChI is InChI=1S/C21H20FN5O3/c1-30-18-7-15(16(22)8-25-18)20(28)26-9-12-6-13(11-26)17-3-2-14(19-23-4-5-24-19)21(29)27(17)10-12/h2-5,7-8,12-13H,6,9-11H2,1H3,(H,23,24)/t12-,13+/m0/s1. The largest absolute Gasteiger partial charge is 0.481 e. The molecule has 0 unspecified atom stereocenters. The van der Waals surface area contributed by atoms with E-state index in [4.69, 9.17) is 4.74 Å². The molecule has 154 valence electrons. The summed E-state index contributed by atoms with van der Waals surface area (Å²) in [5, 5.41) is 0. The highest BCUT2D eigenvalue weighted by molar-refractivity contribution is 5.94. The summed E-state index contributed by atoms with van der Waals surface area (Å²) in [5.74, 6) is -0.172. The van der Waals surface area contributed by atoms with E-state index in [2.05, 4.69) is 15.0 Å². The highest BCUT2D eigenvalue weighted by Crippen LogP contribution is 2.36. The van der Waals surface area contributed by atoms with Crippen LogP contribution in [0, 0.1) is 11.7 Å². The minimum Gasteiger partial charge on any atom is -0.481 e. The van der Waals surface area contributed by atoms with E-state index < -0.39 is 5.82 Å². The Kier molecular flexibility index (Phi) is 4.38. The summed E-state index contributed by atoms with van der Waals surface area (Å²) in [4.78, 5) is 38.7. The third-order valence-electron chi connectivity index (χ3n) is 5.91. The monoisotopic (exact) mass is 409 g/mol. The van der Waals surface area contributed by atoms with Gasteiger partial charge in [0.25, 0.3) is 11.5 Å². The number of aromatic nitrogens is 4.